The van der Waals surface area contributed by atoms with E-state index in [1.807, 2.05) is 0 Å². The van der Waals surface area contributed by atoms with E-state index in [4.69, 9.17) is 9.84 Å². The van der Waals surface area contributed by atoms with Crippen molar-refractivity contribution < 1.29 is 19.4 Å². The van der Waals surface area contributed by atoms with Crippen LogP contribution in [-0.2, 0) is 9.53 Å². The molecule has 0 heterocycles. The molecule has 0 bridgehead atoms. The van der Waals surface area contributed by atoms with Crippen molar-refractivity contribution in [3.63, 3.8) is 0 Å². The van der Waals surface area contributed by atoms with E-state index in [0.29, 0.717) is 13.2 Å². The highest BCUT2D eigenvalue weighted by Gasteiger charge is 2.32. The summed E-state index contributed by atoms with van der Waals surface area (Å²) >= 11 is 0. The van der Waals surface area contributed by atoms with Crippen molar-refractivity contribution in [3.8, 4) is 0 Å². The van der Waals surface area contributed by atoms with Gasteiger partial charge in [0.25, 0.3) is 0 Å². The average molecular weight is 230 g/mol. The first kappa shape index (κ1) is 12.8. The zero-order valence-electron chi connectivity index (χ0n) is 9.68. The number of aliphatic carboxylic acids is 1. The Morgan fingerprint density at radius 3 is 2.50 bits per heavy atom. The SMILES string of the molecule is COCCN(CC(=O)O)C(=O)N(C)C1CC1. The number of hydrogen-bond acceptors (Lipinski definition) is 3. The van der Waals surface area contributed by atoms with Crippen molar-refractivity contribution in [2.24, 2.45) is 0 Å². The number of carbonyl (C=O) groups excluding carboxylic acids is 1. The van der Waals surface area contributed by atoms with Gasteiger partial charge in [-0.15, -0.1) is 0 Å². The summed E-state index contributed by atoms with van der Waals surface area (Å²) in [5.41, 5.74) is 0. The van der Waals surface area contributed by atoms with Crippen LogP contribution in [-0.4, -0.2) is 66.8 Å². The van der Waals surface area contributed by atoms with Gasteiger partial charge in [-0.2, -0.15) is 0 Å². The lowest BCUT2D eigenvalue weighted by molar-refractivity contribution is -0.137. The molecule has 6 nitrogen and oxygen atoms in total. The number of carboxylic acids is 1. The molecule has 0 spiro atoms. The zero-order chi connectivity index (χ0) is 12.1. The maximum absolute atomic E-state index is 11.9. The number of hydrogen-bond donors (Lipinski definition) is 1. The van der Waals surface area contributed by atoms with Gasteiger partial charge in [-0.3, -0.25) is 4.79 Å². The van der Waals surface area contributed by atoms with Crippen molar-refractivity contribution >= 4 is 12.0 Å². The number of rotatable bonds is 6. The molecule has 2 amide bonds. The predicted octanol–water partition coefficient (Wildman–Crippen LogP) is 0.234. The van der Waals surface area contributed by atoms with Crippen LogP contribution in [0.3, 0.4) is 0 Å². The Kier molecular flexibility index (Phi) is 4.54. The third-order valence-electron chi connectivity index (χ3n) is 2.56. The monoisotopic (exact) mass is 230 g/mol. The fraction of sp³-hybridized carbons (Fsp3) is 0.800. The van der Waals surface area contributed by atoms with E-state index < -0.39 is 5.97 Å². The molecule has 1 fully saturated rings. The van der Waals surface area contributed by atoms with Gasteiger partial charge in [0.1, 0.15) is 6.54 Å². The van der Waals surface area contributed by atoms with Crippen LogP contribution in [0.1, 0.15) is 12.8 Å². The molecule has 0 unspecified atom stereocenters. The summed E-state index contributed by atoms with van der Waals surface area (Å²) < 4.78 is 4.85. The van der Waals surface area contributed by atoms with Crippen LogP contribution < -0.4 is 0 Å². The molecule has 0 aromatic heterocycles. The minimum Gasteiger partial charge on any atom is -0.480 e. The van der Waals surface area contributed by atoms with Gasteiger partial charge < -0.3 is 19.6 Å². The lowest BCUT2D eigenvalue weighted by Gasteiger charge is -2.26. The van der Waals surface area contributed by atoms with E-state index in [2.05, 4.69) is 0 Å². The highest BCUT2D eigenvalue weighted by atomic mass is 16.5. The Morgan fingerprint density at radius 2 is 2.06 bits per heavy atom. The molecular weight excluding hydrogens is 212 g/mol. The molecule has 1 N–H and O–H groups in total. The van der Waals surface area contributed by atoms with Crippen molar-refractivity contribution in [2.75, 3.05) is 33.9 Å². The van der Waals surface area contributed by atoms with E-state index in [1.165, 1.54) is 12.0 Å². The fourth-order valence-corrected chi connectivity index (χ4v) is 1.45. The van der Waals surface area contributed by atoms with Gasteiger partial charge in [0, 0.05) is 26.7 Å². The van der Waals surface area contributed by atoms with Gasteiger partial charge in [0.2, 0.25) is 0 Å². The van der Waals surface area contributed by atoms with E-state index >= 15 is 0 Å². The molecule has 1 rings (SSSR count). The van der Waals surface area contributed by atoms with E-state index in [-0.39, 0.29) is 18.6 Å². The smallest absolute Gasteiger partial charge is 0.323 e. The van der Waals surface area contributed by atoms with Crippen molar-refractivity contribution in [1.29, 1.82) is 0 Å². The number of urea groups is 1. The molecule has 92 valence electrons. The minimum absolute atomic E-state index is 0.234. The molecule has 0 atom stereocenters. The molecule has 0 saturated heterocycles. The van der Waals surface area contributed by atoms with Gasteiger partial charge in [-0.1, -0.05) is 0 Å². The summed E-state index contributed by atoms with van der Waals surface area (Å²) in [6.45, 7) is 0.371. The number of amides is 2. The van der Waals surface area contributed by atoms with E-state index in [1.54, 1.807) is 11.9 Å². The highest BCUT2D eigenvalue weighted by Crippen LogP contribution is 2.26. The van der Waals surface area contributed by atoms with Gasteiger partial charge in [0.05, 0.1) is 6.61 Å². The van der Waals surface area contributed by atoms with Crippen LogP contribution in [0.25, 0.3) is 0 Å². The first-order valence-corrected chi connectivity index (χ1v) is 5.28. The Morgan fingerprint density at radius 1 is 1.44 bits per heavy atom. The Balaban J connectivity index is 2.51. The molecular formula is C10H18N2O4. The number of methoxy groups -OCH3 is 1. The van der Waals surface area contributed by atoms with Crippen molar-refractivity contribution in [1.82, 2.24) is 9.80 Å². The van der Waals surface area contributed by atoms with E-state index in [9.17, 15) is 9.59 Å². The molecule has 1 aliphatic carbocycles. The standard InChI is InChI=1S/C10H18N2O4/c1-11(8-3-4-8)10(15)12(5-6-16-2)7-9(13)14/h8H,3-7H2,1-2H3,(H,13,14). The molecule has 16 heavy (non-hydrogen) atoms. The number of carbonyl (C=O) groups is 2. The first-order valence-electron chi connectivity index (χ1n) is 5.28. The summed E-state index contributed by atoms with van der Waals surface area (Å²) in [7, 11) is 3.23. The lowest BCUT2D eigenvalue weighted by Crippen LogP contribution is -2.45. The predicted molar refractivity (Wildman–Crippen MR) is 57.3 cm³/mol. The topological polar surface area (TPSA) is 70.1 Å². The summed E-state index contributed by atoms with van der Waals surface area (Å²) in [5.74, 6) is -1.01. The second-order valence-corrected chi connectivity index (χ2v) is 3.93. The van der Waals surface area contributed by atoms with Gasteiger partial charge in [0.15, 0.2) is 0 Å². The summed E-state index contributed by atoms with van der Waals surface area (Å²) in [6, 6.07) is 0.0493. The molecule has 0 aromatic rings. The van der Waals surface area contributed by atoms with Gasteiger partial charge in [-0.25, -0.2) is 4.79 Å². The van der Waals surface area contributed by atoms with Crippen LogP contribution in [0.2, 0.25) is 0 Å². The average Bonchev–Trinajstić information content (AvgIpc) is 3.05. The first-order chi connectivity index (χ1) is 7.56. The summed E-state index contributed by atoms with van der Waals surface area (Å²) in [4.78, 5) is 25.4. The largest absolute Gasteiger partial charge is 0.480 e. The maximum atomic E-state index is 11.9. The van der Waals surface area contributed by atoms with Crippen LogP contribution in [0, 0.1) is 0 Å². The Labute approximate surface area is 94.8 Å². The van der Waals surface area contributed by atoms with Gasteiger partial charge in [-0.05, 0) is 12.8 Å². The van der Waals surface area contributed by atoms with Crippen LogP contribution in [0.4, 0.5) is 4.79 Å². The number of nitrogens with zero attached hydrogens (tertiary/aromatic N) is 2. The summed E-state index contributed by atoms with van der Waals surface area (Å²) in [5, 5.41) is 8.71. The number of ether oxygens (including phenoxy) is 1. The van der Waals surface area contributed by atoms with Crippen molar-refractivity contribution in [3.05, 3.63) is 0 Å². The van der Waals surface area contributed by atoms with Crippen molar-refractivity contribution in [2.45, 2.75) is 18.9 Å². The molecule has 0 aromatic carbocycles. The van der Waals surface area contributed by atoms with E-state index in [0.717, 1.165) is 12.8 Å². The molecule has 1 saturated carbocycles. The molecule has 0 radical (unpaired) electrons. The zero-order valence-corrected chi connectivity index (χ0v) is 9.68. The maximum Gasteiger partial charge on any atom is 0.323 e. The fourth-order valence-electron chi connectivity index (χ4n) is 1.45. The molecule has 0 aliphatic heterocycles. The Hall–Kier alpha value is -1.30. The normalized spacial score (nSPS) is 14.6. The van der Waals surface area contributed by atoms with Crippen LogP contribution in [0.5, 0.6) is 0 Å². The summed E-state index contributed by atoms with van der Waals surface area (Å²) in [6.07, 6.45) is 2.01. The lowest BCUT2D eigenvalue weighted by atomic mass is 10.4. The number of carboxylic acid groups (broad SMARTS) is 1. The minimum atomic E-state index is -1.01. The van der Waals surface area contributed by atoms with Gasteiger partial charge >= 0.3 is 12.0 Å². The highest BCUT2D eigenvalue weighted by molar-refractivity contribution is 5.80. The third kappa shape index (κ3) is 3.69. The second kappa shape index (κ2) is 5.69. The molecule has 1 aliphatic rings. The van der Waals surface area contributed by atoms with Crippen LogP contribution in [0.15, 0.2) is 0 Å². The third-order valence-corrected chi connectivity index (χ3v) is 2.56. The second-order valence-electron chi connectivity index (χ2n) is 3.93. The Bertz CT molecular complexity index is 266. The van der Waals surface area contributed by atoms with Crippen LogP contribution >= 0.6 is 0 Å². The quantitative estimate of drug-likeness (QED) is 0.709. The molecule has 6 heteroatoms.